The number of benzene rings is 3. The fraction of sp³-hybridized carbons (Fsp3) is 0.475. The van der Waals surface area contributed by atoms with E-state index < -0.39 is 52.8 Å². The van der Waals surface area contributed by atoms with Crippen molar-refractivity contribution in [1.82, 2.24) is 14.7 Å². The van der Waals surface area contributed by atoms with Crippen molar-refractivity contribution in [3.8, 4) is 11.6 Å². The minimum Gasteiger partial charge on any atom is -0.492 e. The summed E-state index contributed by atoms with van der Waals surface area (Å²) in [6, 6.07) is 19.0. The Morgan fingerprint density at radius 3 is 2.19 bits per heavy atom. The molecule has 0 saturated heterocycles. The Labute approximate surface area is 341 Å². The van der Waals surface area contributed by atoms with Crippen LogP contribution in [0, 0.1) is 10.1 Å². The predicted molar refractivity (Wildman–Crippen MR) is 223 cm³/mol. The van der Waals surface area contributed by atoms with E-state index >= 15 is 0 Å². The molecule has 3 aromatic carbocycles. The third kappa shape index (κ3) is 11.9. The van der Waals surface area contributed by atoms with Gasteiger partial charge >= 0.3 is 12.2 Å². The van der Waals surface area contributed by atoms with Gasteiger partial charge in [0.1, 0.15) is 23.6 Å². The first-order chi connectivity index (χ1) is 27.1. The number of carbonyl (C=O) groups excluding carboxylic acids is 2. The number of sulfonamides is 1. The number of non-ortho nitro benzene ring substituents is 1. The van der Waals surface area contributed by atoms with Crippen molar-refractivity contribution in [2.24, 2.45) is 0 Å². The molecule has 0 radical (unpaired) electrons. The molecule has 1 aromatic heterocycles. The van der Waals surface area contributed by atoms with E-state index in [1.54, 1.807) is 84.0 Å². The van der Waals surface area contributed by atoms with Crippen LogP contribution in [0.2, 0.25) is 18.1 Å². The van der Waals surface area contributed by atoms with E-state index in [9.17, 15) is 28.1 Å². The number of hydrogen-bond acceptors (Lipinski definition) is 12. The predicted octanol–water partition coefficient (Wildman–Crippen LogP) is 8.92. The molecule has 4 aromatic rings. The van der Waals surface area contributed by atoms with Gasteiger partial charge in [-0.05, 0) is 95.6 Å². The highest BCUT2D eigenvalue weighted by atomic mass is 32.2. The molecule has 16 nitrogen and oxygen atoms in total. The summed E-state index contributed by atoms with van der Waals surface area (Å²) in [5.74, 6) is 0.635. The fourth-order valence-corrected chi connectivity index (χ4v) is 10.0. The van der Waals surface area contributed by atoms with E-state index in [4.69, 9.17) is 23.4 Å². The average Bonchev–Trinajstić information content (AvgIpc) is 3.53. The van der Waals surface area contributed by atoms with Gasteiger partial charge in [0.15, 0.2) is 8.32 Å². The molecule has 1 heterocycles. The molecule has 4 rings (SSSR count). The van der Waals surface area contributed by atoms with Crippen LogP contribution in [-0.2, 0) is 23.9 Å². The maximum atomic E-state index is 13.9. The Morgan fingerprint density at radius 2 is 1.59 bits per heavy atom. The van der Waals surface area contributed by atoms with E-state index in [-0.39, 0.29) is 41.8 Å². The summed E-state index contributed by atoms with van der Waals surface area (Å²) in [5.41, 5.74) is -0.725. The van der Waals surface area contributed by atoms with Gasteiger partial charge in [0.25, 0.3) is 15.7 Å². The summed E-state index contributed by atoms with van der Waals surface area (Å²) in [4.78, 5) is 38.8. The van der Waals surface area contributed by atoms with E-state index in [0.29, 0.717) is 22.2 Å². The summed E-state index contributed by atoms with van der Waals surface area (Å²) in [6.45, 7) is 17.0. The molecule has 0 aliphatic rings. The molecule has 1 atom stereocenters. The zero-order valence-electron chi connectivity index (χ0n) is 34.9. The van der Waals surface area contributed by atoms with Gasteiger partial charge in [-0.15, -0.1) is 5.10 Å². The number of nitro groups is 1. The van der Waals surface area contributed by atoms with Crippen LogP contribution in [-0.4, -0.2) is 86.5 Å². The van der Waals surface area contributed by atoms with Crippen molar-refractivity contribution in [1.29, 1.82) is 0 Å². The highest BCUT2D eigenvalue weighted by Crippen LogP contribution is 2.33. The van der Waals surface area contributed by atoms with Crippen LogP contribution in [0.3, 0.4) is 0 Å². The van der Waals surface area contributed by atoms with Crippen molar-refractivity contribution in [3.05, 3.63) is 82.4 Å². The monoisotopic (exact) mass is 841 g/mol. The highest BCUT2D eigenvalue weighted by Gasteiger charge is 2.35. The van der Waals surface area contributed by atoms with Gasteiger partial charge in [-0.25, -0.2) is 18.0 Å². The number of carbonyl (C=O) groups is 2. The van der Waals surface area contributed by atoms with Crippen LogP contribution in [0.1, 0.15) is 74.0 Å². The van der Waals surface area contributed by atoms with E-state index in [1.807, 2.05) is 0 Å². The Kier molecular flexibility index (Phi) is 14.6. The Bertz CT molecular complexity index is 2190. The number of rotatable bonds is 17. The number of ether oxygens (including phenoxy) is 4. The van der Waals surface area contributed by atoms with Gasteiger partial charge in [-0.3, -0.25) is 14.8 Å². The molecule has 0 aliphatic heterocycles. The van der Waals surface area contributed by atoms with Crippen molar-refractivity contribution >= 4 is 52.8 Å². The van der Waals surface area contributed by atoms with Crippen molar-refractivity contribution in [3.63, 3.8) is 0 Å². The molecule has 58 heavy (non-hydrogen) atoms. The first kappa shape index (κ1) is 45.5. The Hall–Kier alpha value is -5.20. The lowest BCUT2D eigenvalue weighted by Gasteiger charge is -2.36. The summed E-state index contributed by atoms with van der Waals surface area (Å²) in [7, 11) is -5.11. The second-order valence-corrected chi connectivity index (χ2v) is 22.1. The molecule has 0 aliphatic carbocycles. The smallest absolute Gasteiger partial charge is 0.435 e. The van der Waals surface area contributed by atoms with Gasteiger partial charge in [-0.2, -0.15) is 4.68 Å². The first-order valence-electron chi connectivity index (χ1n) is 19.1. The van der Waals surface area contributed by atoms with E-state index in [2.05, 4.69) is 30.6 Å². The second-order valence-electron chi connectivity index (χ2n) is 15.7. The number of hydrogen-bond donors (Lipinski definition) is 1. The van der Waals surface area contributed by atoms with Crippen LogP contribution < -0.4 is 14.2 Å². The van der Waals surface area contributed by atoms with Gasteiger partial charge in [0, 0.05) is 23.9 Å². The number of aromatic nitrogens is 2. The molecule has 316 valence electrons. The minimum atomic E-state index is -4.21. The van der Waals surface area contributed by atoms with Crippen molar-refractivity contribution in [2.75, 3.05) is 31.5 Å². The van der Waals surface area contributed by atoms with E-state index in [0.717, 1.165) is 28.9 Å². The van der Waals surface area contributed by atoms with Gasteiger partial charge in [0.2, 0.25) is 5.88 Å². The lowest BCUT2D eigenvalue weighted by atomic mass is 10.1. The quantitative estimate of drug-likeness (QED) is 0.0604. The second kappa shape index (κ2) is 18.6. The molecule has 1 N–H and O–H groups in total. The lowest BCUT2D eigenvalue weighted by molar-refractivity contribution is -0.385. The third-order valence-electron chi connectivity index (χ3n) is 9.22. The summed E-state index contributed by atoms with van der Waals surface area (Å²) >= 11 is 0. The molecule has 1 amide bonds. The van der Waals surface area contributed by atoms with Crippen molar-refractivity contribution in [2.45, 2.75) is 103 Å². The standard InChI is InChI=1S/C40H55N5O11SSi/c1-11-58(12-2,13-3)56-35(28-16-14-17-29(24-28)42-57(50,51)32-19-15-18-30(25-32)45(48)49)27-43(37(46)54-39(4,5)6)22-23-53-31-20-21-33-34(26-31)44(41-36(33)52-10)38(47)55-40(7,8)9/h14-21,24-26,35,42H,11-13,22-23,27H2,1-10H3. The molecule has 18 heteroatoms. The van der Waals surface area contributed by atoms with Crippen LogP contribution in [0.25, 0.3) is 10.9 Å². The third-order valence-corrected chi connectivity index (χ3v) is 15.3. The molecule has 0 bridgehead atoms. The average molecular weight is 842 g/mol. The molecule has 0 spiro atoms. The zero-order chi connectivity index (χ0) is 43.1. The van der Waals surface area contributed by atoms with Gasteiger partial charge in [-0.1, -0.05) is 39.0 Å². The number of nitro benzene ring substituents is 1. The number of nitrogens with one attached hydrogen (secondary N) is 1. The van der Waals surface area contributed by atoms with E-state index in [1.165, 1.54) is 30.2 Å². The molecular weight excluding hydrogens is 787 g/mol. The maximum Gasteiger partial charge on any atom is 0.435 e. The normalized spacial score (nSPS) is 12.8. The number of amides is 1. The van der Waals surface area contributed by atoms with Crippen LogP contribution in [0.15, 0.2) is 71.6 Å². The largest absolute Gasteiger partial charge is 0.492 e. The van der Waals surface area contributed by atoms with Gasteiger partial charge < -0.3 is 28.3 Å². The highest BCUT2D eigenvalue weighted by molar-refractivity contribution is 7.92. The lowest BCUT2D eigenvalue weighted by Crippen LogP contribution is -2.45. The van der Waals surface area contributed by atoms with Crippen LogP contribution in [0.4, 0.5) is 21.0 Å². The Balaban J connectivity index is 1.66. The number of fused-ring (bicyclic) bond motifs is 1. The minimum absolute atomic E-state index is 0.0239. The summed E-state index contributed by atoms with van der Waals surface area (Å²) < 4.78 is 60.4. The summed E-state index contributed by atoms with van der Waals surface area (Å²) in [6.07, 6.45) is -1.99. The number of nitrogens with zero attached hydrogens (tertiary/aromatic N) is 4. The van der Waals surface area contributed by atoms with Crippen LogP contribution in [0.5, 0.6) is 11.6 Å². The van der Waals surface area contributed by atoms with Crippen molar-refractivity contribution < 1.29 is 46.3 Å². The molecular formula is C40H55N5O11SSi. The number of methoxy groups -OCH3 is 1. The molecule has 0 fully saturated rings. The maximum absolute atomic E-state index is 13.9. The molecule has 1 unspecified atom stereocenters. The van der Waals surface area contributed by atoms with Crippen LogP contribution >= 0.6 is 0 Å². The SMILES string of the molecule is CC[Si](CC)(CC)OC(CN(CCOc1ccc2c(OC)nn(C(=O)OC(C)(C)C)c2c1)C(=O)OC(C)(C)C)c1cccc(NS(=O)(=O)c2cccc([N+](=O)[O-])c2)c1. The summed E-state index contributed by atoms with van der Waals surface area (Å²) in [5, 5.41) is 16.2. The Morgan fingerprint density at radius 1 is 0.931 bits per heavy atom. The fourth-order valence-electron chi connectivity index (χ4n) is 6.10. The zero-order valence-corrected chi connectivity index (χ0v) is 36.7. The topological polar surface area (TPSA) is 191 Å². The van der Waals surface area contributed by atoms with Gasteiger partial charge in [0.05, 0.1) is 47.0 Å². The first-order valence-corrected chi connectivity index (χ1v) is 23.1. The molecule has 0 saturated carbocycles. The number of anilines is 1.